The molecule has 2 nitrogen and oxygen atoms in total. The van der Waals surface area contributed by atoms with E-state index < -0.39 is 0 Å². The highest BCUT2D eigenvalue weighted by molar-refractivity contribution is 5.94. The minimum atomic E-state index is 0.289. The van der Waals surface area contributed by atoms with E-state index in [-0.39, 0.29) is 5.92 Å². The maximum Gasteiger partial charge on any atom is 0.156 e. The summed E-state index contributed by atoms with van der Waals surface area (Å²) in [6.45, 7) is 6.12. The van der Waals surface area contributed by atoms with Crippen LogP contribution >= 0.6 is 0 Å². The van der Waals surface area contributed by atoms with Crippen LogP contribution in [0.3, 0.4) is 0 Å². The molecule has 1 aromatic carbocycles. The third-order valence-electron chi connectivity index (χ3n) is 9.55. The second-order valence-corrected chi connectivity index (χ2v) is 11.4. The van der Waals surface area contributed by atoms with Gasteiger partial charge in [0.05, 0.1) is 0 Å². The van der Waals surface area contributed by atoms with Gasteiger partial charge in [-0.3, -0.25) is 9.69 Å². The van der Waals surface area contributed by atoms with Crippen molar-refractivity contribution in [3.05, 3.63) is 58.2 Å². The van der Waals surface area contributed by atoms with Gasteiger partial charge in [-0.15, -0.1) is 0 Å². The molecular formula is C29H37NO. The number of carbonyl (C=O) groups excluding carboxylic acids is 1. The molecule has 1 aliphatic heterocycles. The predicted octanol–water partition coefficient (Wildman–Crippen LogP) is 6.57. The molecule has 1 heterocycles. The van der Waals surface area contributed by atoms with Crippen molar-refractivity contribution in [2.75, 3.05) is 13.1 Å². The Balaban J connectivity index is 1.33. The Labute approximate surface area is 187 Å². The molecule has 1 saturated heterocycles. The second kappa shape index (κ2) is 7.73. The largest absolute Gasteiger partial charge is 0.299 e. The summed E-state index contributed by atoms with van der Waals surface area (Å²) in [6.07, 6.45) is 14.7. The number of hydrogen-bond donors (Lipinski definition) is 0. The minimum absolute atomic E-state index is 0.289. The van der Waals surface area contributed by atoms with E-state index in [2.05, 4.69) is 36.1 Å². The minimum Gasteiger partial charge on any atom is -0.299 e. The quantitative estimate of drug-likeness (QED) is 0.556. The van der Waals surface area contributed by atoms with Gasteiger partial charge in [0.1, 0.15) is 0 Å². The van der Waals surface area contributed by atoms with Crippen molar-refractivity contribution in [3.8, 4) is 0 Å². The highest BCUT2D eigenvalue weighted by Crippen LogP contribution is 2.61. The van der Waals surface area contributed by atoms with Crippen molar-refractivity contribution in [1.29, 1.82) is 0 Å². The van der Waals surface area contributed by atoms with Gasteiger partial charge in [0.25, 0.3) is 0 Å². The first-order valence-electron chi connectivity index (χ1n) is 12.9. The van der Waals surface area contributed by atoms with Gasteiger partial charge in [0.2, 0.25) is 0 Å². The summed E-state index contributed by atoms with van der Waals surface area (Å²) >= 11 is 0. The van der Waals surface area contributed by atoms with E-state index in [1.54, 1.807) is 11.1 Å². The molecule has 3 fully saturated rings. The van der Waals surface area contributed by atoms with Crippen LogP contribution in [0.25, 0.3) is 0 Å². The fourth-order valence-corrected chi connectivity index (χ4v) is 7.96. The maximum atomic E-state index is 12.7. The van der Waals surface area contributed by atoms with Crippen LogP contribution in [0.2, 0.25) is 0 Å². The van der Waals surface area contributed by atoms with Gasteiger partial charge in [-0.25, -0.2) is 0 Å². The molecule has 0 radical (unpaired) electrons. The van der Waals surface area contributed by atoms with E-state index in [0.29, 0.717) is 17.6 Å². The fourth-order valence-electron chi connectivity index (χ4n) is 7.96. The van der Waals surface area contributed by atoms with Crippen LogP contribution in [0.5, 0.6) is 0 Å². The van der Waals surface area contributed by atoms with Crippen LogP contribution in [0, 0.1) is 17.3 Å². The summed E-state index contributed by atoms with van der Waals surface area (Å²) in [7, 11) is 0. The number of benzene rings is 1. The molecule has 2 heteroatoms. The van der Waals surface area contributed by atoms with Gasteiger partial charge in [-0.1, -0.05) is 43.2 Å². The zero-order valence-corrected chi connectivity index (χ0v) is 19.2. The molecule has 0 aromatic heterocycles. The number of nitrogens with zero attached hydrogens (tertiary/aromatic N) is 1. The lowest BCUT2D eigenvalue weighted by molar-refractivity contribution is -0.115. The second-order valence-electron chi connectivity index (χ2n) is 11.4. The number of allylic oxidation sites excluding steroid dienone is 4. The third kappa shape index (κ3) is 3.46. The Morgan fingerprint density at radius 1 is 1.00 bits per heavy atom. The zero-order chi connectivity index (χ0) is 21.0. The van der Waals surface area contributed by atoms with Gasteiger partial charge in [0.15, 0.2) is 5.78 Å². The summed E-state index contributed by atoms with van der Waals surface area (Å²) in [5, 5.41) is 0. The summed E-state index contributed by atoms with van der Waals surface area (Å²) in [5.41, 5.74) is 8.09. The first-order valence-corrected chi connectivity index (χ1v) is 12.9. The van der Waals surface area contributed by atoms with Crippen molar-refractivity contribution < 1.29 is 4.79 Å². The average Bonchev–Trinajstić information content (AvgIpc) is 3.42. The summed E-state index contributed by atoms with van der Waals surface area (Å²) < 4.78 is 0. The van der Waals surface area contributed by atoms with Gasteiger partial charge in [-0.2, -0.15) is 0 Å². The van der Waals surface area contributed by atoms with E-state index in [4.69, 9.17) is 0 Å². The predicted molar refractivity (Wildman–Crippen MR) is 126 cm³/mol. The molecule has 0 bridgehead atoms. The van der Waals surface area contributed by atoms with Crippen molar-refractivity contribution in [2.45, 2.75) is 83.6 Å². The number of hydrogen-bond acceptors (Lipinski definition) is 2. The summed E-state index contributed by atoms with van der Waals surface area (Å²) in [5.74, 6) is 2.28. The van der Waals surface area contributed by atoms with Crippen molar-refractivity contribution in [1.82, 2.24) is 4.90 Å². The monoisotopic (exact) mass is 415 g/mol. The number of carbonyl (C=O) groups is 1. The highest BCUT2D eigenvalue weighted by atomic mass is 16.1. The lowest BCUT2D eigenvalue weighted by Gasteiger charge is -2.48. The van der Waals surface area contributed by atoms with Crippen molar-refractivity contribution in [3.63, 3.8) is 0 Å². The number of rotatable bonds is 3. The first kappa shape index (κ1) is 20.0. The molecule has 4 aliphatic carbocycles. The molecule has 5 aliphatic rings. The van der Waals surface area contributed by atoms with Gasteiger partial charge < -0.3 is 0 Å². The van der Waals surface area contributed by atoms with Crippen LogP contribution in [0.15, 0.2) is 47.1 Å². The highest BCUT2D eigenvalue weighted by Gasteiger charge is 2.49. The Morgan fingerprint density at radius 2 is 1.81 bits per heavy atom. The van der Waals surface area contributed by atoms with E-state index in [9.17, 15) is 4.79 Å². The van der Waals surface area contributed by atoms with Crippen LogP contribution in [0.1, 0.15) is 88.2 Å². The molecule has 4 atom stereocenters. The van der Waals surface area contributed by atoms with Crippen LogP contribution in [-0.4, -0.2) is 23.8 Å². The molecule has 1 unspecified atom stereocenters. The molecule has 1 aromatic rings. The average molecular weight is 416 g/mol. The Bertz CT molecular complexity index is 932. The molecule has 0 amide bonds. The molecule has 6 rings (SSSR count). The zero-order valence-electron chi connectivity index (χ0n) is 19.2. The van der Waals surface area contributed by atoms with E-state index in [1.807, 2.05) is 6.08 Å². The molecule has 31 heavy (non-hydrogen) atoms. The molecule has 2 saturated carbocycles. The maximum absolute atomic E-state index is 12.7. The smallest absolute Gasteiger partial charge is 0.156 e. The molecular weight excluding hydrogens is 378 g/mol. The molecule has 0 N–H and O–H groups in total. The lowest BCUT2D eigenvalue weighted by Crippen LogP contribution is -2.37. The number of likely N-dealkylation sites (tertiary alicyclic amines) is 1. The molecule has 164 valence electrons. The Kier molecular flexibility index (Phi) is 4.98. The van der Waals surface area contributed by atoms with Gasteiger partial charge >= 0.3 is 0 Å². The standard InChI is InChI=1S/C29H37NO/c1-29-13-4-5-27(29)24-11-10-22-17-23(31)18-26(28(22)25(24)12-14-29)21-8-6-20(7-9-21)19-30-15-2-3-16-30/h6-9,17,24,26-27H,2-5,10-16,18-19H2,1H3/t24-,26?,27+,29+/m1/s1. The molecule has 0 spiro atoms. The van der Waals surface area contributed by atoms with E-state index >= 15 is 0 Å². The first-order chi connectivity index (χ1) is 15.1. The van der Waals surface area contributed by atoms with Crippen molar-refractivity contribution >= 4 is 5.78 Å². The number of fused-ring (bicyclic) bond motifs is 4. The lowest BCUT2D eigenvalue weighted by atomic mass is 9.56. The van der Waals surface area contributed by atoms with E-state index in [0.717, 1.165) is 24.8 Å². The fraction of sp³-hybridized carbons (Fsp3) is 0.621. The van der Waals surface area contributed by atoms with E-state index in [1.165, 1.54) is 81.2 Å². The number of ketones is 1. The Morgan fingerprint density at radius 3 is 2.61 bits per heavy atom. The van der Waals surface area contributed by atoms with Crippen LogP contribution in [-0.2, 0) is 11.3 Å². The van der Waals surface area contributed by atoms with Gasteiger partial charge in [0, 0.05) is 18.9 Å². The topological polar surface area (TPSA) is 20.3 Å². The Hall–Kier alpha value is -1.67. The third-order valence-corrected chi connectivity index (χ3v) is 9.55. The van der Waals surface area contributed by atoms with Crippen LogP contribution in [0.4, 0.5) is 0 Å². The summed E-state index contributed by atoms with van der Waals surface area (Å²) in [4.78, 5) is 15.3. The normalized spacial score (nSPS) is 35.6. The van der Waals surface area contributed by atoms with Crippen molar-refractivity contribution in [2.24, 2.45) is 17.3 Å². The summed E-state index contributed by atoms with van der Waals surface area (Å²) in [6, 6.07) is 9.34. The SMILES string of the molecule is C[C@@]12CCC[C@H]1[C@@H]1CCC3=CC(=O)CC(c4ccc(CN5CCCC5)cc4)C3=C1CC2. The van der Waals surface area contributed by atoms with Gasteiger partial charge in [-0.05, 0) is 110 Å². The van der Waals surface area contributed by atoms with Crippen LogP contribution < -0.4 is 0 Å².